The van der Waals surface area contributed by atoms with Crippen LogP contribution in [0.5, 0.6) is 0 Å². The van der Waals surface area contributed by atoms with Crippen LogP contribution in [-0.2, 0) is 16.5 Å². The molecule has 0 spiro atoms. The third-order valence-electron chi connectivity index (χ3n) is 24.7. The Morgan fingerprint density at radius 2 is 0.147 bits per heavy atom. The number of hydrogen-bond acceptors (Lipinski definition) is 8. The van der Waals surface area contributed by atoms with Crippen molar-refractivity contribution in [1.29, 1.82) is 0 Å². The van der Waals surface area contributed by atoms with Crippen LogP contribution in [0.25, 0.3) is 0 Å². The Hall–Kier alpha value is -14.2. The van der Waals surface area contributed by atoms with Gasteiger partial charge in [0.1, 0.15) is 0 Å². The SMILES string of the molecule is O[Si](O[Si](c1ccccc1)(c1ccccc1)c1ccccc1)(c1ccccc1)c1ccccc1.O[Si](O[Si](c1ccccc1)(c1ccccc1)c1ccccc1)(c1ccccc1)c1ccccc1.O[Si](O[Si](c1ccccc1)(c1ccccc1)c1ccccc1)(c1ccccc1)c1ccccc1.O[Si](O[Si](c1ccccc1)(c1ccccc1)c1ccccc1)(c1ccccc1)c1ccccc1. The van der Waals surface area contributed by atoms with Gasteiger partial charge in [0.15, 0.2) is 0 Å². The van der Waals surface area contributed by atoms with E-state index in [4.69, 9.17) is 16.5 Å². The molecule has 16 heteroatoms. The summed E-state index contributed by atoms with van der Waals surface area (Å²) in [5.74, 6) is 0. The average Bonchev–Trinajstić information content (AvgIpc) is 0.745. The zero-order valence-corrected chi connectivity index (χ0v) is 83.2. The van der Waals surface area contributed by atoms with Crippen LogP contribution in [0.4, 0.5) is 0 Å². The van der Waals surface area contributed by atoms with Gasteiger partial charge < -0.3 is 35.6 Å². The molecule has 0 unspecified atom stereocenters. The van der Waals surface area contributed by atoms with Gasteiger partial charge in [0, 0.05) is 0 Å². The van der Waals surface area contributed by atoms with Crippen molar-refractivity contribution in [3.63, 3.8) is 0 Å². The molecule has 0 saturated heterocycles. The second-order valence-corrected chi connectivity index (χ2v) is 58.4. The fourth-order valence-electron chi connectivity index (χ4n) is 18.1. The van der Waals surface area contributed by atoms with E-state index < -0.39 is 67.5 Å². The molecule has 4 N–H and O–H groups in total. The average molecular weight is 1900 g/mol. The molecule has 0 atom stereocenters. The summed E-state index contributed by atoms with van der Waals surface area (Å²) >= 11 is 0. The Labute approximate surface area is 807 Å². The highest BCUT2D eigenvalue weighted by Crippen LogP contribution is 2.24. The number of benzene rings is 20. The molecule has 664 valence electrons. The first-order chi connectivity index (χ1) is 66.9. The van der Waals surface area contributed by atoms with E-state index in [0.29, 0.717) is 0 Å². The summed E-state index contributed by atoms with van der Waals surface area (Å²) in [6.45, 7) is 0. The maximum atomic E-state index is 12.6. The van der Waals surface area contributed by atoms with E-state index in [1.165, 1.54) is 0 Å². The maximum Gasteiger partial charge on any atom is 0.394 e. The molecule has 0 fully saturated rings. The van der Waals surface area contributed by atoms with E-state index in [1.54, 1.807) is 0 Å². The van der Waals surface area contributed by atoms with Gasteiger partial charge in [-0.25, -0.2) is 0 Å². The highest BCUT2D eigenvalue weighted by Gasteiger charge is 2.57. The van der Waals surface area contributed by atoms with Crippen LogP contribution >= 0.6 is 0 Å². The topological polar surface area (TPSA) is 118 Å². The van der Waals surface area contributed by atoms with Crippen molar-refractivity contribution in [2.45, 2.75) is 0 Å². The Morgan fingerprint density at radius 3 is 0.213 bits per heavy atom. The van der Waals surface area contributed by atoms with Crippen molar-refractivity contribution in [2.24, 2.45) is 0 Å². The predicted octanol–water partition coefficient (Wildman–Crippen LogP) is 11.7. The Balaban J connectivity index is 0.000000126. The first-order valence-electron chi connectivity index (χ1n) is 45.7. The highest BCUT2D eigenvalue weighted by molar-refractivity contribution is 7.16. The second kappa shape index (κ2) is 44.3. The fourth-order valence-corrected chi connectivity index (χ4v) is 53.1. The van der Waals surface area contributed by atoms with Crippen LogP contribution in [0, 0.1) is 0 Å². The maximum absolute atomic E-state index is 12.6. The molecule has 136 heavy (non-hydrogen) atoms. The van der Waals surface area contributed by atoms with Crippen LogP contribution in [0.15, 0.2) is 607 Å². The van der Waals surface area contributed by atoms with Crippen molar-refractivity contribution in [2.75, 3.05) is 0 Å². The number of hydrogen-bond donors (Lipinski definition) is 4. The lowest BCUT2D eigenvalue weighted by Gasteiger charge is -2.40. The van der Waals surface area contributed by atoms with Crippen LogP contribution in [0.2, 0.25) is 0 Å². The molecule has 0 amide bonds. The van der Waals surface area contributed by atoms with Crippen LogP contribution in [-0.4, -0.2) is 86.7 Å². The van der Waals surface area contributed by atoms with Gasteiger partial charge >= 0.3 is 34.2 Å². The lowest BCUT2D eigenvalue weighted by atomic mass is 10.3. The summed E-state index contributed by atoms with van der Waals surface area (Å²) < 4.78 is 29.6. The molecule has 0 saturated carbocycles. The summed E-state index contributed by atoms with van der Waals surface area (Å²) in [6, 6.07) is 204. The summed E-state index contributed by atoms with van der Waals surface area (Å²) in [5, 5.41) is 19.9. The molecule has 8 nitrogen and oxygen atoms in total. The van der Waals surface area contributed by atoms with Gasteiger partial charge in [-0.2, -0.15) is 0 Å². The highest BCUT2D eigenvalue weighted by atomic mass is 28.5. The van der Waals surface area contributed by atoms with Crippen molar-refractivity contribution >= 4 is 171 Å². The molecule has 20 aromatic carbocycles. The quantitative estimate of drug-likeness (QED) is 0.0283. The lowest BCUT2D eigenvalue weighted by molar-refractivity contribution is 0.414. The fraction of sp³-hybridized carbons (Fsp3) is 0. The van der Waals surface area contributed by atoms with Crippen molar-refractivity contribution < 1.29 is 35.6 Å². The Bertz CT molecular complexity index is 5560. The van der Waals surface area contributed by atoms with Crippen LogP contribution < -0.4 is 104 Å². The summed E-state index contributed by atoms with van der Waals surface area (Å²) in [7, 11) is -26.9. The lowest BCUT2D eigenvalue weighted by Crippen LogP contribution is -2.77. The molecule has 0 aliphatic heterocycles. The van der Waals surface area contributed by atoms with Gasteiger partial charge in [-0.05, 0) is 104 Å². The molecule has 0 aliphatic rings. The largest absolute Gasteiger partial charge is 0.418 e. The minimum Gasteiger partial charge on any atom is -0.418 e. The van der Waals surface area contributed by atoms with E-state index in [2.05, 4.69) is 291 Å². The van der Waals surface area contributed by atoms with Crippen LogP contribution in [0.1, 0.15) is 0 Å². The van der Waals surface area contributed by atoms with Gasteiger partial charge in [0.25, 0.3) is 33.3 Å². The molecule has 0 heterocycles. The van der Waals surface area contributed by atoms with Crippen molar-refractivity contribution in [3.05, 3.63) is 607 Å². The minimum atomic E-state index is -3.62. The first kappa shape index (κ1) is 93.6. The third kappa shape index (κ3) is 20.1. The summed E-state index contributed by atoms with van der Waals surface area (Å²) in [5.41, 5.74) is 0. The van der Waals surface area contributed by atoms with E-state index >= 15 is 0 Å². The molecule has 20 rings (SSSR count). The summed E-state index contributed by atoms with van der Waals surface area (Å²) in [4.78, 5) is 50.5. The second-order valence-electron chi connectivity index (χ2n) is 33.0. The van der Waals surface area contributed by atoms with E-state index in [1.807, 2.05) is 315 Å². The van der Waals surface area contributed by atoms with Gasteiger partial charge in [-0.1, -0.05) is 607 Å². The zero-order chi connectivity index (χ0) is 93.1. The molecule has 0 aromatic heterocycles. The van der Waals surface area contributed by atoms with Gasteiger partial charge in [-0.3, -0.25) is 0 Å². The van der Waals surface area contributed by atoms with E-state index in [-0.39, 0.29) is 0 Å². The van der Waals surface area contributed by atoms with Gasteiger partial charge in [-0.15, -0.1) is 0 Å². The normalized spacial score (nSPS) is 11.8. The molecular weight excluding hydrogens is 1790 g/mol. The Kier molecular flexibility index (Phi) is 30.5. The van der Waals surface area contributed by atoms with E-state index in [9.17, 15) is 19.2 Å². The van der Waals surface area contributed by atoms with Crippen molar-refractivity contribution in [3.8, 4) is 0 Å². The molecule has 0 bridgehead atoms. The van der Waals surface area contributed by atoms with Gasteiger partial charge in [0.05, 0.1) is 0 Å². The first-order valence-corrected chi connectivity index (χ1v) is 60.8. The number of rotatable bonds is 28. The van der Waals surface area contributed by atoms with E-state index in [0.717, 1.165) is 104 Å². The van der Waals surface area contributed by atoms with Gasteiger partial charge in [0.2, 0.25) is 0 Å². The predicted molar refractivity (Wildman–Crippen MR) is 581 cm³/mol. The summed E-state index contributed by atoms with van der Waals surface area (Å²) in [6.07, 6.45) is 0. The molecule has 20 aromatic rings. The smallest absolute Gasteiger partial charge is 0.394 e. The van der Waals surface area contributed by atoms with Crippen LogP contribution in [0.3, 0.4) is 0 Å². The minimum absolute atomic E-state index is 0.834. The zero-order valence-electron chi connectivity index (χ0n) is 75.2. The standard InChI is InChI=1S/4C30H26O2Si2/c4*31-34(29-22-12-4-13-23-29,30-24-14-5-15-25-30)32-33(26-16-6-1-7-17-26,27-18-8-2-9-19-27)28-20-10-3-11-21-28/h4*1-25,31H. The molecule has 0 aliphatic carbocycles. The Morgan fingerprint density at radius 1 is 0.0882 bits per heavy atom. The molecular formula is C120H104O8Si8. The van der Waals surface area contributed by atoms with Crippen molar-refractivity contribution in [1.82, 2.24) is 0 Å². The monoisotopic (exact) mass is 1900 g/mol. The molecule has 0 radical (unpaired) electrons. The third-order valence-corrected chi connectivity index (χ3v) is 57.0.